The first-order chi connectivity index (χ1) is 9.13. The lowest BCUT2D eigenvalue weighted by molar-refractivity contribution is -0.0499. The fraction of sp³-hybridized carbons (Fsp3) is 0.167. The van der Waals surface area contributed by atoms with Crippen LogP contribution in [0.1, 0.15) is 5.56 Å². The number of hydrogen-bond donors (Lipinski definition) is 2. The second-order valence-electron chi connectivity index (χ2n) is 3.29. The van der Waals surface area contributed by atoms with Crippen molar-refractivity contribution in [3.63, 3.8) is 0 Å². The third-order valence-electron chi connectivity index (χ3n) is 1.91. The van der Waals surface area contributed by atoms with Gasteiger partial charge in [-0.3, -0.25) is 5.43 Å². The Bertz CT molecular complexity index is 466. The van der Waals surface area contributed by atoms with Crippen molar-refractivity contribution in [2.24, 2.45) is 5.10 Å². The average Bonchev–Trinajstić information content (AvgIpc) is 2.38. The van der Waals surface area contributed by atoms with E-state index in [1.165, 1.54) is 12.3 Å². The summed E-state index contributed by atoms with van der Waals surface area (Å²) < 4.78 is 28.7. The second kappa shape index (κ2) is 8.15. The minimum absolute atomic E-state index is 0.0491. The number of thiocarbonyl (C=S) groups is 1. The van der Waals surface area contributed by atoms with Gasteiger partial charge in [-0.1, -0.05) is 18.2 Å². The second-order valence-corrected chi connectivity index (χ2v) is 3.69. The summed E-state index contributed by atoms with van der Waals surface area (Å²) in [5.74, 6) is 0.0491. The summed E-state index contributed by atoms with van der Waals surface area (Å²) in [7, 11) is 0. The lowest BCUT2D eigenvalue weighted by Gasteiger charge is -2.07. The van der Waals surface area contributed by atoms with E-state index in [0.717, 1.165) is 0 Å². The van der Waals surface area contributed by atoms with Crippen molar-refractivity contribution < 1.29 is 13.5 Å². The SMILES string of the molecule is C=CCNC(=S)N/N=C\c1ccccc1OC(F)F. The van der Waals surface area contributed by atoms with Crippen molar-refractivity contribution >= 4 is 23.5 Å². The molecule has 1 aromatic rings. The lowest BCUT2D eigenvalue weighted by atomic mass is 10.2. The van der Waals surface area contributed by atoms with Crippen LogP contribution >= 0.6 is 12.2 Å². The topological polar surface area (TPSA) is 45.7 Å². The molecule has 0 amide bonds. The zero-order valence-electron chi connectivity index (χ0n) is 9.98. The number of hydrogen-bond acceptors (Lipinski definition) is 3. The van der Waals surface area contributed by atoms with Crippen LogP contribution in [0.15, 0.2) is 42.0 Å². The number of para-hydroxylation sites is 1. The molecule has 0 spiro atoms. The maximum atomic E-state index is 12.2. The number of ether oxygens (including phenoxy) is 1. The predicted octanol–water partition coefficient (Wildman–Crippen LogP) is 2.27. The van der Waals surface area contributed by atoms with Gasteiger partial charge >= 0.3 is 6.61 Å². The number of benzene rings is 1. The first-order valence-corrected chi connectivity index (χ1v) is 5.76. The molecule has 1 aromatic carbocycles. The lowest BCUT2D eigenvalue weighted by Crippen LogP contribution is -2.31. The third-order valence-corrected chi connectivity index (χ3v) is 2.15. The van der Waals surface area contributed by atoms with Gasteiger partial charge in [-0.15, -0.1) is 6.58 Å². The highest BCUT2D eigenvalue weighted by Crippen LogP contribution is 2.18. The highest BCUT2D eigenvalue weighted by atomic mass is 32.1. The summed E-state index contributed by atoms with van der Waals surface area (Å²) in [4.78, 5) is 0. The van der Waals surface area contributed by atoms with Crippen molar-refractivity contribution in [3.8, 4) is 5.75 Å². The van der Waals surface area contributed by atoms with Gasteiger partial charge in [0.1, 0.15) is 5.75 Å². The molecular weight excluding hydrogens is 272 g/mol. The number of halogens is 2. The minimum Gasteiger partial charge on any atom is -0.434 e. The molecule has 0 aromatic heterocycles. The van der Waals surface area contributed by atoms with Crippen molar-refractivity contribution in [2.75, 3.05) is 6.54 Å². The van der Waals surface area contributed by atoms with Crippen LogP contribution < -0.4 is 15.5 Å². The quantitative estimate of drug-likeness (QED) is 0.364. The fourth-order valence-corrected chi connectivity index (χ4v) is 1.29. The molecule has 0 heterocycles. The maximum absolute atomic E-state index is 12.2. The monoisotopic (exact) mass is 285 g/mol. The van der Waals surface area contributed by atoms with Crippen LogP contribution in [0.25, 0.3) is 0 Å². The highest BCUT2D eigenvalue weighted by Gasteiger charge is 2.07. The van der Waals surface area contributed by atoms with Crippen LogP contribution in [0.3, 0.4) is 0 Å². The highest BCUT2D eigenvalue weighted by molar-refractivity contribution is 7.80. The standard InChI is InChI=1S/C12H13F2N3OS/c1-2-7-15-12(19)17-16-8-9-5-3-4-6-10(9)18-11(13)14/h2-6,8,11H,1,7H2,(H2,15,17,19)/b16-8-. The normalized spacial score (nSPS) is 10.5. The molecule has 102 valence electrons. The van der Waals surface area contributed by atoms with E-state index in [-0.39, 0.29) is 5.75 Å². The molecule has 0 aliphatic heterocycles. The van der Waals surface area contributed by atoms with Gasteiger partial charge in [0, 0.05) is 12.1 Å². The van der Waals surface area contributed by atoms with E-state index in [2.05, 4.69) is 27.2 Å². The van der Waals surface area contributed by atoms with Gasteiger partial charge in [0.2, 0.25) is 0 Å². The van der Waals surface area contributed by atoms with E-state index < -0.39 is 6.61 Å². The van der Waals surface area contributed by atoms with Gasteiger partial charge in [-0.25, -0.2) is 0 Å². The Kier molecular flexibility index (Phi) is 6.45. The van der Waals surface area contributed by atoms with E-state index >= 15 is 0 Å². The Balaban J connectivity index is 2.60. The van der Waals surface area contributed by atoms with Gasteiger partial charge in [0.25, 0.3) is 0 Å². The van der Waals surface area contributed by atoms with Crippen molar-refractivity contribution in [1.29, 1.82) is 0 Å². The molecule has 0 bridgehead atoms. The van der Waals surface area contributed by atoms with E-state index in [1.54, 1.807) is 24.3 Å². The molecule has 4 nitrogen and oxygen atoms in total. The summed E-state index contributed by atoms with van der Waals surface area (Å²) >= 11 is 4.90. The molecule has 7 heteroatoms. The first-order valence-electron chi connectivity index (χ1n) is 5.35. The molecule has 0 atom stereocenters. The van der Waals surface area contributed by atoms with Gasteiger partial charge in [-0.2, -0.15) is 13.9 Å². The molecule has 0 saturated carbocycles. The molecule has 2 N–H and O–H groups in total. The molecule has 0 aliphatic rings. The minimum atomic E-state index is -2.88. The van der Waals surface area contributed by atoms with Crippen molar-refractivity contribution in [1.82, 2.24) is 10.7 Å². The largest absolute Gasteiger partial charge is 0.434 e. The Hall–Kier alpha value is -2.02. The van der Waals surface area contributed by atoms with Crippen LogP contribution in [0.2, 0.25) is 0 Å². The van der Waals surface area contributed by atoms with E-state index in [9.17, 15) is 8.78 Å². The molecule has 19 heavy (non-hydrogen) atoms. The van der Waals surface area contributed by atoms with Gasteiger partial charge in [0.05, 0.1) is 6.21 Å². The smallest absolute Gasteiger partial charge is 0.387 e. The van der Waals surface area contributed by atoms with Crippen LogP contribution in [0.5, 0.6) is 5.75 Å². The van der Waals surface area contributed by atoms with Gasteiger partial charge in [0.15, 0.2) is 5.11 Å². The summed E-state index contributed by atoms with van der Waals surface area (Å²) in [6, 6.07) is 6.32. The Morgan fingerprint density at radius 3 is 2.89 bits per heavy atom. The molecule has 0 radical (unpaired) electrons. The Morgan fingerprint density at radius 2 is 2.21 bits per heavy atom. The molecule has 0 unspecified atom stereocenters. The van der Waals surface area contributed by atoms with E-state index in [1.807, 2.05) is 0 Å². The number of hydrazone groups is 1. The zero-order valence-corrected chi connectivity index (χ0v) is 10.8. The molecule has 0 fully saturated rings. The Labute approximate surface area is 115 Å². The summed E-state index contributed by atoms with van der Waals surface area (Å²) in [5.41, 5.74) is 2.96. The van der Waals surface area contributed by atoms with Crippen LogP contribution in [0.4, 0.5) is 8.78 Å². The van der Waals surface area contributed by atoms with E-state index in [0.29, 0.717) is 17.2 Å². The van der Waals surface area contributed by atoms with Crippen molar-refractivity contribution in [3.05, 3.63) is 42.5 Å². The molecule has 0 saturated heterocycles. The fourth-order valence-electron chi connectivity index (χ4n) is 1.16. The number of nitrogens with one attached hydrogen (secondary N) is 2. The number of alkyl halides is 2. The summed E-state index contributed by atoms with van der Waals surface area (Å²) in [6.45, 7) is 1.15. The summed E-state index contributed by atoms with van der Waals surface area (Å²) in [6.07, 6.45) is 2.99. The van der Waals surface area contributed by atoms with E-state index in [4.69, 9.17) is 12.2 Å². The predicted molar refractivity (Wildman–Crippen MR) is 74.6 cm³/mol. The Morgan fingerprint density at radius 1 is 1.47 bits per heavy atom. The number of nitrogens with zero attached hydrogens (tertiary/aromatic N) is 1. The molecule has 1 rings (SSSR count). The first kappa shape index (κ1) is 15.0. The van der Waals surface area contributed by atoms with Crippen molar-refractivity contribution in [2.45, 2.75) is 6.61 Å². The number of rotatable bonds is 6. The third kappa shape index (κ3) is 5.91. The van der Waals surface area contributed by atoms with Crippen LogP contribution in [-0.4, -0.2) is 24.5 Å². The average molecular weight is 285 g/mol. The van der Waals surface area contributed by atoms with Gasteiger partial charge in [-0.05, 0) is 24.4 Å². The molecular formula is C12H13F2N3OS. The van der Waals surface area contributed by atoms with Gasteiger partial charge < -0.3 is 10.1 Å². The maximum Gasteiger partial charge on any atom is 0.387 e. The van der Waals surface area contributed by atoms with Crippen LogP contribution in [-0.2, 0) is 0 Å². The zero-order chi connectivity index (χ0) is 14.1. The molecule has 0 aliphatic carbocycles. The summed E-state index contributed by atoms with van der Waals surface area (Å²) in [5, 5.41) is 6.94. The van der Waals surface area contributed by atoms with Crippen LogP contribution in [0, 0.1) is 0 Å².